The lowest BCUT2D eigenvalue weighted by atomic mass is 10.1. The van der Waals surface area contributed by atoms with Gasteiger partial charge in [-0.15, -0.1) is 0 Å². The summed E-state index contributed by atoms with van der Waals surface area (Å²) in [6, 6.07) is 7.41. The second kappa shape index (κ2) is 8.83. The average Bonchev–Trinajstić information content (AvgIpc) is 3.43. The van der Waals surface area contributed by atoms with E-state index in [9.17, 15) is 4.55 Å². The Morgan fingerprint density at radius 1 is 1.15 bits per heavy atom. The van der Waals surface area contributed by atoms with Crippen LogP contribution in [0.3, 0.4) is 0 Å². The molecular formula is C22H23N5O5S. The molecule has 1 aliphatic rings. The standard InChI is InChI=1S/C22H23N5O5S/c1-29-16-9-13(12-27-8-4-7-23-27)10-17-19(16)21(25-32-17)26-33(28)20-18(30-2)11-15(14-5-6-14)24-22(20)31-3/h4,7-11,14H,5-6,12H2,1-3H3,(H,25,26). The van der Waals surface area contributed by atoms with Crippen LogP contribution in [0, 0.1) is 0 Å². The molecule has 1 N–H and O–H groups in total. The van der Waals surface area contributed by atoms with E-state index in [0.717, 1.165) is 24.1 Å². The zero-order valence-electron chi connectivity index (χ0n) is 18.4. The minimum atomic E-state index is -1.79. The Hall–Kier alpha value is -3.44. The third-order valence-electron chi connectivity index (χ3n) is 5.43. The number of hydrogen-bond acceptors (Lipinski definition) is 9. The molecule has 1 aliphatic carbocycles. The third-order valence-corrected chi connectivity index (χ3v) is 6.56. The van der Waals surface area contributed by atoms with E-state index in [1.807, 2.05) is 30.5 Å². The maximum Gasteiger partial charge on any atom is 0.283 e. The van der Waals surface area contributed by atoms with Crippen molar-refractivity contribution < 1.29 is 23.3 Å². The van der Waals surface area contributed by atoms with Crippen LogP contribution >= 0.6 is 0 Å². The van der Waals surface area contributed by atoms with Crippen LogP contribution in [0.15, 0.2) is 46.1 Å². The molecule has 4 aromatic rings. The maximum absolute atomic E-state index is 13.4. The predicted molar refractivity (Wildman–Crippen MR) is 121 cm³/mol. The Morgan fingerprint density at radius 3 is 2.64 bits per heavy atom. The summed E-state index contributed by atoms with van der Waals surface area (Å²) >= 11 is -1.79. The maximum atomic E-state index is 13.4. The topological polar surface area (TPSA) is 120 Å². The molecule has 0 aliphatic heterocycles. The van der Waals surface area contributed by atoms with Crippen LogP contribution < -0.4 is 18.9 Å². The first-order valence-corrected chi connectivity index (χ1v) is 11.5. The fourth-order valence-electron chi connectivity index (χ4n) is 3.69. The van der Waals surface area contributed by atoms with Gasteiger partial charge < -0.3 is 23.3 Å². The highest BCUT2D eigenvalue weighted by Gasteiger charge is 2.33. The van der Waals surface area contributed by atoms with Gasteiger partial charge in [0.05, 0.1) is 33.6 Å². The van der Waals surface area contributed by atoms with Gasteiger partial charge in [0.15, 0.2) is 11.3 Å². The molecule has 11 heteroatoms. The van der Waals surface area contributed by atoms with E-state index in [0.29, 0.717) is 39.8 Å². The van der Waals surface area contributed by atoms with Crippen LogP contribution in [0.4, 0.5) is 5.82 Å². The van der Waals surface area contributed by atoms with E-state index >= 15 is 0 Å². The zero-order valence-corrected chi connectivity index (χ0v) is 19.2. The second-order valence-corrected chi connectivity index (χ2v) is 8.79. The van der Waals surface area contributed by atoms with Crippen LogP contribution in [0.5, 0.6) is 17.4 Å². The number of nitrogens with one attached hydrogen (secondary N) is 1. The Kier molecular flexibility index (Phi) is 5.73. The first-order chi connectivity index (χ1) is 16.1. The summed E-state index contributed by atoms with van der Waals surface area (Å²) in [4.78, 5) is 4.84. The minimum absolute atomic E-state index is 0.253. The van der Waals surface area contributed by atoms with Crippen LogP contribution in [0.1, 0.15) is 30.0 Å². The molecule has 1 saturated carbocycles. The number of rotatable bonds is 9. The minimum Gasteiger partial charge on any atom is -0.588 e. The molecule has 172 valence electrons. The van der Waals surface area contributed by atoms with Gasteiger partial charge in [0.1, 0.15) is 22.5 Å². The quantitative estimate of drug-likeness (QED) is 0.367. The van der Waals surface area contributed by atoms with Crippen molar-refractivity contribution in [3.05, 3.63) is 47.9 Å². The number of nitrogens with zero attached hydrogens (tertiary/aromatic N) is 4. The van der Waals surface area contributed by atoms with E-state index in [4.69, 9.17) is 18.7 Å². The first-order valence-electron chi connectivity index (χ1n) is 10.4. The van der Waals surface area contributed by atoms with Crippen molar-refractivity contribution in [3.8, 4) is 17.4 Å². The molecule has 0 spiro atoms. The fourth-order valence-corrected chi connectivity index (χ4v) is 4.72. The summed E-state index contributed by atoms with van der Waals surface area (Å²) in [5.41, 5.74) is 2.30. The first kappa shape index (κ1) is 21.4. The Balaban J connectivity index is 1.48. The van der Waals surface area contributed by atoms with Gasteiger partial charge in [0, 0.05) is 24.4 Å². The van der Waals surface area contributed by atoms with Gasteiger partial charge in [-0.3, -0.25) is 4.68 Å². The van der Waals surface area contributed by atoms with Gasteiger partial charge >= 0.3 is 0 Å². The Labute approximate surface area is 193 Å². The van der Waals surface area contributed by atoms with Crippen molar-refractivity contribution in [2.75, 3.05) is 26.1 Å². The monoisotopic (exact) mass is 469 g/mol. The molecule has 1 aromatic carbocycles. The van der Waals surface area contributed by atoms with Crippen molar-refractivity contribution in [1.82, 2.24) is 19.9 Å². The van der Waals surface area contributed by atoms with Crippen molar-refractivity contribution in [2.45, 2.75) is 30.2 Å². The Morgan fingerprint density at radius 2 is 1.97 bits per heavy atom. The molecule has 0 bridgehead atoms. The summed E-state index contributed by atoms with van der Waals surface area (Å²) in [6.45, 7) is 0.544. The Bertz CT molecular complexity index is 1250. The van der Waals surface area contributed by atoms with Crippen LogP contribution in [-0.2, 0) is 17.9 Å². The summed E-state index contributed by atoms with van der Waals surface area (Å²) in [5, 5.41) is 8.90. The lowest BCUT2D eigenvalue weighted by molar-refractivity contribution is 0.359. The number of hydrogen-bond donors (Lipinski definition) is 1. The SMILES string of the molecule is COc1cc(C2CC2)nc(OC)c1[S+]([O-])Nc1noc2cc(Cn3cccn3)cc(OC)c12. The number of aromatic nitrogens is 4. The van der Waals surface area contributed by atoms with Crippen molar-refractivity contribution in [3.63, 3.8) is 0 Å². The molecule has 3 aromatic heterocycles. The van der Waals surface area contributed by atoms with Crippen molar-refractivity contribution in [2.24, 2.45) is 0 Å². The van der Waals surface area contributed by atoms with Gasteiger partial charge in [-0.05, 0) is 36.6 Å². The summed E-state index contributed by atoms with van der Waals surface area (Å²) in [5.74, 6) is 1.90. The summed E-state index contributed by atoms with van der Waals surface area (Å²) in [7, 11) is 4.59. The molecule has 0 amide bonds. The molecular weight excluding hydrogens is 446 g/mol. The molecule has 0 saturated heterocycles. The predicted octanol–water partition coefficient (Wildman–Crippen LogP) is 3.51. The van der Waals surface area contributed by atoms with Crippen LogP contribution in [-0.4, -0.2) is 45.8 Å². The van der Waals surface area contributed by atoms with Crippen LogP contribution in [0.25, 0.3) is 11.0 Å². The lowest BCUT2D eigenvalue weighted by Gasteiger charge is -2.16. The molecule has 33 heavy (non-hydrogen) atoms. The smallest absolute Gasteiger partial charge is 0.283 e. The molecule has 1 atom stereocenters. The summed E-state index contributed by atoms with van der Waals surface area (Å²) in [6.07, 6.45) is 5.74. The number of methoxy groups -OCH3 is 3. The van der Waals surface area contributed by atoms with Gasteiger partial charge in [-0.2, -0.15) is 9.82 Å². The number of benzene rings is 1. The van der Waals surface area contributed by atoms with Gasteiger partial charge in [0.2, 0.25) is 5.82 Å². The molecule has 3 heterocycles. The fraction of sp³-hybridized carbons (Fsp3) is 0.318. The largest absolute Gasteiger partial charge is 0.588 e. The molecule has 10 nitrogen and oxygen atoms in total. The zero-order chi connectivity index (χ0) is 22.9. The van der Waals surface area contributed by atoms with E-state index in [-0.39, 0.29) is 11.7 Å². The number of ether oxygens (including phenoxy) is 3. The highest BCUT2D eigenvalue weighted by Crippen LogP contribution is 2.44. The molecule has 5 rings (SSSR count). The lowest BCUT2D eigenvalue weighted by Crippen LogP contribution is -2.17. The number of fused-ring (bicyclic) bond motifs is 1. The van der Waals surface area contributed by atoms with E-state index < -0.39 is 11.4 Å². The van der Waals surface area contributed by atoms with E-state index in [1.54, 1.807) is 18.0 Å². The number of anilines is 1. The van der Waals surface area contributed by atoms with Crippen molar-refractivity contribution >= 4 is 28.1 Å². The van der Waals surface area contributed by atoms with Gasteiger partial charge in [0.25, 0.3) is 10.8 Å². The molecule has 1 unspecified atom stereocenters. The normalized spacial score (nSPS) is 14.3. The van der Waals surface area contributed by atoms with Crippen LogP contribution in [0.2, 0.25) is 0 Å². The second-order valence-electron chi connectivity index (χ2n) is 7.64. The highest BCUT2D eigenvalue weighted by molar-refractivity contribution is 7.93. The van der Waals surface area contributed by atoms with E-state index in [2.05, 4.69) is 20.0 Å². The van der Waals surface area contributed by atoms with Gasteiger partial charge in [-0.25, -0.2) is 4.98 Å². The van der Waals surface area contributed by atoms with Gasteiger partial charge in [-0.1, -0.05) is 5.16 Å². The number of pyridine rings is 1. The molecule has 0 radical (unpaired) electrons. The average molecular weight is 470 g/mol. The third kappa shape index (κ3) is 4.16. The molecule has 1 fully saturated rings. The van der Waals surface area contributed by atoms with E-state index in [1.165, 1.54) is 14.2 Å². The van der Waals surface area contributed by atoms with Crippen molar-refractivity contribution in [1.29, 1.82) is 0 Å². The highest BCUT2D eigenvalue weighted by atomic mass is 32.2. The summed E-state index contributed by atoms with van der Waals surface area (Å²) < 4.78 is 40.1.